The van der Waals surface area contributed by atoms with Crippen LogP contribution in [-0.2, 0) is 9.47 Å². The second-order valence-corrected chi connectivity index (χ2v) is 8.45. The Balaban J connectivity index is 1.53. The van der Waals surface area contributed by atoms with E-state index in [1.54, 1.807) is 0 Å². The van der Waals surface area contributed by atoms with E-state index in [4.69, 9.17) is 15.2 Å². The summed E-state index contributed by atoms with van der Waals surface area (Å²) in [6.45, 7) is 5.94. The molecule has 0 aromatic carbocycles. The topological polar surface area (TPSA) is 87.0 Å². The lowest BCUT2D eigenvalue weighted by molar-refractivity contribution is -0.203. The highest BCUT2D eigenvalue weighted by Crippen LogP contribution is 2.40. The predicted octanol–water partition coefficient (Wildman–Crippen LogP) is -0.715. The van der Waals surface area contributed by atoms with E-state index >= 15 is 0 Å². The number of ether oxygens (including phenoxy) is 2. The molecular weight excluding hydrogens is 389 g/mol. The molecule has 0 spiro atoms. The molecule has 6 atom stereocenters. The zero-order valence-corrected chi connectivity index (χ0v) is 16.7. The Morgan fingerprint density at radius 2 is 1.48 bits per heavy atom. The fourth-order valence-corrected chi connectivity index (χ4v) is 5.06. The van der Waals surface area contributed by atoms with Gasteiger partial charge in [0, 0.05) is 38.8 Å². The van der Waals surface area contributed by atoms with Crippen molar-refractivity contribution in [3.8, 4) is 0 Å². The third-order valence-corrected chi connectivity index (χ3v) is 6.67. The van der Waals surface area contributed by atoms with Crippen molar-refractivity contribution in [2.45, 2.75) is 43.7 Å². The third kappa shape index (κ3) is 5.21. The lowest BCUT2D eigenvalue weighted by Gasteiger charge is -2.51. The Bertz CT molecular complexity index is 504. The number of nitrogens with two attached hydrogens (primary N) is 1. The number of morpholine rings is 2. The molecule has 0 saturated carbocycles. The maximum atomic E-state index is 13.8. The van der Waals surface area contributed by atoms with Crippen molar-refractivity contribution < 1.29 is 22.6 Å². The maximum absolute atomic E-state index is 13.8. The summed E-state index contributed by atoms with van der Waals surface area (Å²) in [7, 11) is 0. The van der Waals surface area contributed by atoms with Gasteiger partial charge in [0.2, 0.25) is 0 Å². The van der Waals surface area contributed by atoms with E-state index in [0.29, 0.717) is 32.8 Å². The van der Waals surface area contributed by atoms with Gasteiger partial charge in [0.05, 0.1) is 44.7 Å². The standard InChI is InChI=1S/C18H33F3N6O2/c19-18(20,21)13-9-15(22)23-11-12(13)14-10-16(26-1-5-28-6-2-26)25-17(24-14)27-3-7-29-8-4-27/h12-17,23-25H,1-11,22H2. The van der Waals surface area contributed by atoms with E-state index in [2.05, 4.69) is 25.8 Å². The molecule has 8 nitrogen and oxygen atoms in total. The molecule has 0 aliphatic carbocycles. The van der Waals surface area contributed by atoms with Crippen molar-refractivity contribution in [2.24, 2.45) is 17.6 Å². The first-order valence-electron chi connectivity index (χ1n) is 10.6. The molecule has 4 heterocycles. The summed E-state index contributed by atoms with van der Waals surface area (Å²) < 4.78 is 52.4. The number of rotatable bonds is 3. The van der Waals surface area contributed by atoms with Gasteiger partial charge in [-0.05, 0) is 18.8 Å². The molecule has 4 saturated heterocycles. The van der Waals surface area contributed by atoms with Crippen LogP contribution in [0.15, 0.2) is 0 Å². The number of alkyl halides is 3. The van der Waals surface area contributed by atoms with Crippen molar-refractivity contribution in [2.75, 3.05) is 59.2 Å². The minimum Gasteiger partial charge on any atom is -0.379 e. The molecule has 0 aromatic rings. The second kappa shape index (κ2) is 9.31. The van der Waals surface area contributed by atoms with E-state index in [1.807, 2.05) is 0 Å². The minimum absolute atomic E-state index is 0.0162. The molecule has 6 unspecified atom stereocenters. The van der Waals surface area contributed by atoms with Gasteiger partial charge in [0.1, 0.15) is 6.29 Å². The van der Waals surface area contributed by atoms with E-state index in [-0.39, 0.29) is 31.5 Å². The van der Waals surface area contributed by atoms with Crippen LogP contribution >= 0.6 is 0 Å². The van der Waals surface area contributed by atoms with Gasteiger partial charge in [0.15, 0.2) is 0 Å². The molecule has 4 aliphatic rings. The first-order chi connectivity index (χ1) is 13.9. The van der Waals surface area contributed by atoms with Crippen molar-refractivity contribution in [1.29, 1.82) is 0 Å². The van der Waals surface area contributed by atoms with Crippen LogP contribution < -0.4 is 21.7 Å². The predicted molar refractivity (Wildman–Crippen MR) is 101 cm³/mol. The largest absolute Gasteiger partial charge is 0.392 e. The van der Waals surface area contributed by atoms with Gasteiger partial charge >= 0.3 is 6.18 Å². The van der Waals surface area contributed by atoms with Crippen LogP contribution in [0.3, 0.4) is 0 Å². The second-order valence-electron chi connectivity index (χ2n) is 8.45. The molecule has 11 heteroatoms. The quantitative estimate of drug-likeness (QED) is 0.475. The Hall–Kier alpha value is -0.530. The molecule has 5 N–H and O–H groups in total. The lowest BCUT2D eigenvalue weighted by Crippen LogP contribution is -2.72. The molecule has 0 aromatic heterocycles. The van der Waals surface area contributed by atoms with Crippen LogP contribution in [0.25, 0.3) is 0 Å². The number of hydrogen-bond acceptors (Lipinski definition) is 8. The number of hydrogen-bond donors (Lipinski definition) is 4. The van der Waals surface area contributed by atoms with Crippen LogP contribution in [-0.4, -0.2) is 99.8 Å². The zero-order valence-electron chi connectivity index (χ0n) is 16.7. The monoisotopic (exact) mass is 422 g/mol. The van der Waals surface area contributed by atoms with E-state index in [0.717, 1.165) is 26.2 Å². The minimum atomic E-state index is -4.25. The molecule has 168 valence electrons. The fourth-order valence-electron chi connectivity index (χ4n) is 5.06. The van der Waals surface area contributed by atoms with Crippen LogP contribution in [0.5, 0.6) is 0 Å². The van der Waals surface area contributed by atoms with Crippen molar-refractivity contribution in [3.63, 3.8) is 0 Å². The highest BCUT2D eigenvalue weighted by atomic mass is 19.4. The van der Waals surface area contributed by atoms with E-state index < -0.39 is 24.2 Å². The summed E-state index contributed by atoms with van der Waals surface area (Å²) in [6.07, 6.45) is -4.47. The summed E-state index contributed by atoms with van der Waals surface area (Å²) in [5, 5.41) is 10.2. The van der Waals surface area contributed by atoms with Crippen LogP contribution in [0.4, 0.5) is 13.2 Å². The Morgan fingerprint density at radius 1 is 0.862 bits per heavy atom. The number of piperidine rings is 1. The van der Waals surface area contributed by atoms with Crippen molar-refractivity contribution in [1.82, 2.24) is 25.8 Å². The van der Waals surface area contributed by atoms with Gasteiger partial charge in [-0.15, -0.1) is 0 Å². The molecule has 4 aliphatic heterocycles. The van der Waals surface area contributed by atoms with Gasteiger partial charge in [0.25, 0.3) is 0 Å². The van der Waals surface area contributed by atoms with E-state index in [9.17, 15) is 13.2 Å². The summed E-state index contributed by atoms with van der Waals surface area (Å²) in [5.74, 6) is -1.95. The maximum Gasteiger partial charge on any atom is 0.392 e. The average Bonchev–Trinajstić information content (AvgIpc) is 2.74. The SMILES string of the molecule is NC1CC(C(F)(F)F)C(C2CC(N3CCOCC3)NC(N3CCOCC3)N2)CN1. The van der Waals surface area contributed by atoms with Gasteiger partial charge in [-0.2, -0.15) is 13.2 Å². The Kier molecular flexibility index (Phi) is 6.96. The zero-order chi connectivity index (χ0) is 20.4. The van der Waals surface area contributed by atoms with E-state index in [1.165, 1.54) is 0 Å². The summed E-state index contributed by atoms with van der Waals surface area (Å²) in [6, 6.07) is -0.261. The summed E-state index contributed by atoms with van der Waals surface area (Å²) in [5.41, 5.74) is 5.81. The smallest absolute Gasteiger partial charge is 0.379 e. The molecule has 0 radical (unpaired) electrons. The number of halogens is 3. The van der Waals surface area contributed by atoms with Crippen LogP contribution in [0.2, 0.25) is 0 Å². The molecule has 0 amide bonds. The van der Waals surface area contributed by atoms with Gasteiger partial charge in [-0.1, -0.05) is 0 Å². The molecule has 0 bridgehead atoms. The van der Waals surface area contributed by atoms with Gasteiger partial charge in [-0.25, -0.2) is 0 Å². The molecular formula is C18H33F3N6O2. The van der Waals surface area contributed by atoms with Gasteiger partial charge < -0.3 is 20.5 Å². The first kappa shape index (κ1) is 21.7. The molecule has 29 heavy (non-hydrogen) atoms. The summed E-state index contributed by atoms with van der Waals surface area (Å²) >= 11 is 0. The molecule has 4 fully saturated rings. The normalized spacial score (nSPS) is 41.4. The Morgan fingerprint density at radius 3 is 2.10 bits per heavy atom. The lowest BCUT2D eigenvalue weighted by atomic mass is 9.77. The highest BCUT2D eigenvalue weighted by molar-refractivity contribution is 4.98. The first-order valence-corrected chi connectivity index (χ1v) is 10.6. The van der Waals surface area contributed by atoms with Crippen molar-refractivity contribution >= 4 is 0 Å². The number of nitrogens with one attached hydrogen (secondary N) is 3. The van der Waals surface area contributed by atoms with Gasteiger partial charge in [-0.3, -0.25) is 20.4 Å². The fraction of sp³-hybridized carbons (Fsp3) is 1.00. The summed E-state index contributed by atoms with van der Waals surface area (Å²) in [4.78, 5) is 4.53. The average molecular weight is 422 g/mol. The highest BCUT2D eigenvalue weighted by Gasteiger charge is 2.51. The molecule has 4 rings (SSSR count). The van der Waals surface area contributed by atoms with Crippen molar-refractivity contribution in [3.05, 3.63) is 0 Å². The van der Waals surface area contributed by atoms with Crippen LogP contribution in [0, 0.1) is 11.8 Å². The van der Waals surface area contributed by atoms with Crippen LogP contribution in [0.1, 0.15) is 12.8 Å². The third-order valence-electron chi connectivity index (χ3n) is 6.67. The number of nitrogens with zero attached hydrogens (tertiary/aromatic N) is 2. The Labute approximate surface area is 169 Å².